The van der Waals surface area contributed by atoms with E-state index in [1.807, 2.05) is 24.3 Å². The third-order valence-electron chi connectivity index (χ3n) is 4.97. The Kier molecular flexibility index (Phi) is 4.90. The predicted molar refractivity (Wildman–Crippen MR) is 111 cm³/mol. The van der Waals surface area contributed by atoms with Crippen molar-refractivity contribution >= 4 is 38.4 Å². The van der Waals surface area contributed by atoms with Gasteiger partial charge in [0, 0.05) is 24.4 Å². The highest BCUT2D eigenvalue weighted by Crippen LogP contribution is 2.28. The standard InChI is InChI=1S/C21H19N3O5S/c1-29-18-5-3-4-17-14(10-11-22-20(17)18)12-23-13-19(25)24(21(23)26)15-6-8-16(9-7-15)30(2,27)28/h3-11H,12-13H2,1-2H3. The molecule has 0 saturated carbocycles. The number of sulfone groups is 1. The Morgan fingerprint density at radius 3 is 2.47 bits per heavy atom. The van der Waals surface area contributed by atoms with Gasteiger partial charge in [-0.25, -0.2) is 18.1 Å². The first-order chi connectivity index (χ1) is 14.3. The van der Waals surface area contributed by atoms with Crippen molar-refractivity contribution in [1.82, 2.24) is 9.88 Å². The second-order valence-corrected chi connectivity index (χ2v) is 8.98. The minimum absolute atomic E-state index is 0.0690. The third kappa shape index (κ3) is 3.48. The minimum Gasteiger partial charge on any atom is -0.494 e. The largest absolute Gasteiger partial charge is 0.494 e. The highest BCUT2D eigenvalue weighted by atomic mass is 32.2. The molecule has 1 fully saturated rings. The lowest BCUT2D eigenvalue weighted by Crippen LogP contribution is -2.32. The predicted octanol–water partition coefficient (Wildman–Crippen LogP) is 2.62. The number of amides is 3. The molecule has 1 saturated heterocycles. The zero-order chi connectivity index (χ0) is 21.5. The van der Waals surface area contributed by atoms with Crippen LogP contribution in [0, 0.1) is 0 Å². The van der Waals surface area contributed by atoms with Crippen LogP contribution in [-0.2, 0) is 21.2 Å². The Labute approximate surface area is 173 Å². The van der Waals surface area contributed by atoms with Gasteiger partial charge in [0.15, 0.2) is 9.84 Å². The summed E-state index contributed by atoms with van der Waals surface area (Å²) < 4.78 is 28.6. The maximum atomic E-state index is 12.9. The number of nitrogens with zero attached hydrogens (tertiary/aromatic N) is 3. The van der Waals surface area contributed by atoms with E-state index in [4.69, 9.17) is 4.74 Å². The summed E-state index contributed by atoms with van der Waals surface area (Å²) in [5.74, 6) is 0.258. The molecule has 1 aliphatic rings. The number of carbonyl (C=O) groups is 2. The van der Waals surface area contributed by atoms with Gasteiger partial charge in [-0.3, -0.25) is 9.78 Å². The fraction of sp³-hybridized carbons (Fsp3) is 0.190. The molecule has 1 aromatic heterocycles. The van der Waals surface area contributed by atoms with Gasteiger partial charge < -0.3 is 9.64 Å². The van der Waals surface area contributed by atoms with Crippen LogP contribution in [0.3, 0.4) is 0 Å². The fourth-order valence-electron chi connectivity index (χ4n) is 3.48. The van der Waals surface area contributed by atoms with E-state index in [-0.39, 0.29) is 23.9 Å². The van der Waals surface area contributed by atoms with Crippen LogP contribution in [0.15, 0.2) is 59.6 Å². The van der Waals surface area contributed by atoms with E-state index in [0.717, 1.165) is 22.1 Å². The molecule has 0 spiro atoms. The topological polar surface area (TPSA) is 96.9 Å². The molecule has 0 N–H and O–H groups in total. The molecule has 9 heteroatoms. The summed E-state index contributed by atoms with van der Waals surface area (Å²) in [6.07, 6.45) is 2.74. The molecule has 30 heavy (non-hydrogen) atoms. The van der Waals surface area contributed by atoms with Crippen molar-refractivity contribution in [2.45, 2.75) is 11.4 Å². The van der Waals surface area contributed by atoms with E-state index in [0.29, 0.717) is 17.0 Å². The Hall–Kier alpha value is -3.46. The summed E-state index contributed by atoms with van der Waals surface area (Å²) in [5.41, 5.74) is 1.86. The maximum absolute atomic E-state index is 12.9. The number of imide groups is 1. The highest BCUT2D eigenvalue weighted by molar-refractivity contribution is 7.90. The first-order valence-electron chi connectivity index (χ1n) is 9.12. The fourth-order valence-corrected chi connectivity index (χ4v) is 4.11. The van der Waals surface area contributed by atoms with Crippen molar-refractivity contribution in [2.75, 3.05) is 24.8 Å². The first kappa shape index (κ1) is 19.8. The van der Waals surface area contributed by atoms with Gasteiger partial charge in [0.1, 0.15) is 17.8 Å². The molecule has 0 unspecified atom stereocenters. The van der Waals surface area contributed by atoms with E-state index in [1.54, 1.807) is 13.3 Å². The van der Waals surface area contributed by atoms with Gasteiger partial charge in [-0.15, -0.1) is 0 Å². The summed E-state index contributed by atoms with van der Waals surface area (Å²) in [7, 11) is -1.79. The van der Waals surface area contributed by atoms with Gasteiger partial charge in [0.05, 0.1) is 17.7 Å². The molecule has 0 aliphatic carbocycles. The Morgan fingerprint density at radius 2 is 1.80 bits per heavy atom. The van der Waals surface area contributed by atoms with Crippen LogP contribution in [0.5, 0.6) is 5.75 Å². The molecule has 2 heterocycles. The average Bonchev–Trinajstić information content (AvgIpc) is 3.00. The molecule has 1 aliphatic heterocycles. The SMILES string of the molecule is COc1cccc2c(CN3CC(=O)N(c4ccc(S(C)(=O)=O)cc4)C3=O)ccnc12. The number of anilines is 1. The molecule has 3 aromatic rings. The Bertz CT molecular complexity index is 1260. The van der Waals surface area contributed by atoms with Crippen LogP contribution in [0.2, 0.25) is 0 Å². The summed E-state index contributed by atoms with van der Waals surface area (Å²) in [4.78, 5) is 32.5. The number of hydrogen-bond acceptors (Lipinski definition) is 6. The number of urea groups is 1. The van der Waals surface area contributed by atoms with Crippen LogP contribution in [0.4, 0.5) is 10.5 Å². The molecule has 4 rings (SSSR count). The number of fused-ring (bicyclic) bond motifs is 1. The van der Waals surface area contributed by atoms with Gasteiger partial charge in [-0.05, 0) is 42.0 Å². The smallest absolute Gasteiger partial charge is 0.332 e. The van der Waals surface area contributed by atoms with Gasteiger partial charge in [0.2, 0.25) is 0 Å². The number of carbonyl (C=O) groups excluding carboxylic acids is 2. The van der Waals surface area contributed by atoms with Crippen molar-refractivity contribution in [3.63, 3.8) is 0 Å². The molecule has 2 aromatic carbocycles. The number of ether oxygens (including phenoxy) is 1. The van der Waals surface area contributed by atoms with Crippen LogP contribution < -0.4 is 9.64 Å². The molecule has 0 bridgehead atoms. The van der Waals surface area contributed by atoms with Crippen LogP contribution >= 0.6 is 0 Å². The highest BCUT2D eigenvalue weighted by Gasteiger charge is 2.37. The molecule has 154 valence electrons. The zero-order valence-corrected chi connectivity index (χ0v) is 17.2. The quantitative estimate of drug-likeness (QED) is 0.583. The van der Waals surface area contributed by atoms with E-state index in [1.165, 1.54) is 29.2 Å². The monoisotopic (exact) mass is 425 g/mol. The lowest BCUT2D eigenvalue weighted by molar-refractivity contribution is -0.116. The van der Waals surface area contributed by atoms with Crippen molar-refractivity contribution < 1.29 is 22.7 Å². The summed E-state index contributed by atoms with van der Waals surface area (Å²) >= 11 is 0. The number of pyridine rings is 1. The van der Waals surface area contributed by atoms with Crippen LogP contribution in [0.25, 0.3) is 10.9 Å². The lowest BCUT2D eigenvalue weighted by Gasteiger charge is -2.18. The maximum Gasteiger partial charge on any atom is 0.332 e. The van der Waals surface area contributed by atoms with Crippen LogP contribution in [-0.4, -0.2) is 50.2 Å². The molecular weight excluding hydrogens is 406 g/mol. The molecule has 0 atom stereocenters. The Balaban J connectivity index is 1.62. The molecule has 3 amide bonds. The summed E-state index contributed by atoms with van der Waals surface area (Å²) in [5, 5.41) is 0.841. The number of aromatic nitrogens is 1. The molecule has 0 radical (unpaired) electrons. The first-order valence-corrected chi connectivity index (χ1v) is 11.0. The summed E-state index contributed by atoms with van der Waals surface area (Å²) in [6.45, 7) is 0.162. The third-order valence-corrected chi connectivity index (χ3v) is 6.09. The summed E-state index contributed by atoms with van der Waals surface area (Å²) in [6, 6.07) is 12.6. The van der Waals surface area contributed by atoms with Gasteiger partial charge in [-0.1, -0.05) is 12.1 Å². The number of hydrogen-bond donors (Lipinski definition) is 0. The number of para-hydroxylation sites is 1. The van der Waals surface area contributed by atoms with Crippen molar-refractivity contribution in [2.24, 2.45) is 0 Å². The second-order valence-electron chi connectivity index (χ2n) is 6.96. The average molecular weight is 425 g/mol. The van der Waals surface area contributed by atoms with E-state index in [2.05, 4.69) is 4.98 Å². The zero-order valence-electron chi connectivity index (χ0n) is 16.4. The van der Waals surface area contributed by atoms with Gasteiger partial charge in [0.25, 0.3) is 5.91 Å². The van der Waals surface area contributed by atoms with Crippen molar-refractivity contribution in [1.29, 1.82) is 0 Å². The minimum atomic E-state index is -3.36. The van der Waals surface area contributed by atoms with Gasteiger partial charge in [-0.2, -0.15) is 0 Å². The van der Waals surface area contributed by atoms with Crippen molar-refractivity contribution in [3.05, 3.63) is 60.3 Å². The normalized spacial score (nSPS) is 14.6. The second kappa shape index (κ2) is 7.42. The number of benzene rings is 2. The van der Waals surface area contributed by atoms with E-state index < -0.39 is 15.9 Å². The van der Waals surface area contributed by atoms with E-state index in [9.17, 15) is 18.0 Å². The lowest BCUT2D eigenvalue weighted by atomic mass is 10.1. The van der Waals surface area contributed by atoms with Crippen molar-refractivity contribution in [3.8, 4) is 5.75 Å². The van der Waals surface area contributed by atoms with Crippen LogP contribution in [0.1, 0.15) is 5.56 Å². The molecule has 8 nitrogen and oxygen atoms in total. The Morgan fingerprint density at radius 1 is 1.07 bits per heavy atom. The number of methoxy groups -OCH3 is 1. The molecular formula is C21H19N3O5S. The number of rotatable bonds is 5. The van der Waals surface area contributed by atoms with Gasteiger partial charge >= 0.3 is 6.03 Å². The van der Waals surface area contributed by atoms with E-state index >= 15 is 0 Å².